The predicted octanol–water partition coefficient (Wildman–Crippen LogP) is 1.93. The molecule has 1 aromatic rings. The Hall–Kier alpha value is -1.38. The summed E-state index contributed by atoms with van der Waals surface area (Å²) in [4.78, 5) is 14.3. The number of aldehydes is 1. The summed E-state index contributed by atoms with van der Waals surface area (Å²) in [6.07, 6.45) is 2.27. The first-order valence-electron chi connectivity index (χ1n) is 4.26. The third-order valence-electron chi connectivity index (χ3n) is 1.46. The fraction of sp³-hybridized carbons (Fsp3) is 0.400. The van der Waals surface area contributed by atoms with Crippen LogP contribution in [0.25, 0.3) is 0 Å². The van der Waals surface area contributed by atoms with Gasteiger partial charge < -0.3 is 4.74 Å². The van der Waals surface area contributed by atoms with E-state index in [-0.39, 0.29) is 0 Å². The molecule has 0 N–H and O–H groups in total. The number of nitrogens with zero attached hydrogens (tertiary/aromatic N) is 1. The van der Waals surface area contributed by atoms with Gasteiger partial charge >= 0.3 is 0 Å². The number of pyridine rings is 1. The highest BCUT2D eigenvalue weighted by Crippen LogP contribution is 2.07. The van der Waals surface area contributed by atoms with Gasteiger partial charge in [0.25, 0.3) is 0 Å². The fourth-order valence-electron chi connectivity index (χ4n) is 0.799. The summed E-state index contributed by atoms with van der Waals surface area (Å²) in [5, 5.41) is 0. The van der Waals surface area contributed by atoms with Crippen LogP contribution in [0, 0.1) is 5.92 Å². The Kier molecular flexibility index (Phi) is 3.43. The van der Waals surface area contributed by atoms with Crippen LogP contribution in [0.5, 0.6) is 5.88 Å². The van der Waals surface area contributed by atoms with Gasteiger partial charge in [0.2, 0.25) is 5.88 Å². The van der Waals surface area contributed by atoms with Crippen LogP contribution >= 0.6 is 0 Å². The van der Waals surface area contributed by atoms with E-state index in [4.69, 9.17) is 4.74 Å². The summed E-state index contributed by atoms with van der Waals surface area (Å²) >= 11 is 0. The molecule has 0 amide bonds. The zero-order valence-electron chi connectivity index (χ0n) is 7.86. The van der Waals surface area contributed by atoms with E-state index >= 15 is 0 Å². The van der Waals surface area contributed by atoms with Gasteiger partial charge in [0.1, 0.15) is 0 Å². The van der Waals surface area contributed by atoms with Crippen molar-refractivity contribution in [3.05, 3.63) is 23.9 Å². The van der Waals surface area contributed by atoms with Gasteiger partial charge in [-0.25, -0.2) is 4.98 Å². The van der Waals surface area contributed by atoms with Crippen molar-refractivity contribution in [2.75, 3.05) is 6.61 Å². The Morgan fingerprint density at radius 3 is 2.77 bits per heavy atom. The van der Waals surface area contributed by atoms with Crippen LogP contribution in [0.3, 0.4) is 0 Å². The Labute approximate surface area is 77.8 Å². The van der Waals surface area contributed by atoms with Crippen molar-refractivity contribution in [3.63, 3.8) is 0 Å². The molecule has 3 heteroatoms. The number of carbonyl (C=O) groups excluding carboxylic acids is 1. The largest absolute Gasteiger partial charge is 0.477 e. The molecule has 0 bridgehead atoms. The fourth-order valence-corrected chi connectivity index (χ4v) is 0.799. The van der Waals surface area contributed by atoms with Crippen molar-refractivity contribution in [2.24, 2.45) is 5.92 Å². The summed E-state index contributed by atoms with van der Waals surface area (Å²) in [5.74, 6) is 1.05. The number of hydrogen-bond donors (Lipinski definition) is 0. The number of carbonyl (C=O) groups is 1. The molecule has 0 aliphatic rings. The summed E-state index contributed by atoms with van der Waals surface area (Å²) in [6.45, 7) is 4.78. The smallest absolute Gasteiger partial charge is 0.213 e. The minimum absolute atomic E-state index is 0.479. The maximum atomic E-state index is 10.3. The normalized spacial score (nSPS) is 10.1. The molecule has 0 unspecified atom stereocenters. The second kappa shape index (κ2) is 4.60. The molecule has 1 aromatic heterocycles. The molecular weight excluding hydrogens is 166 g/mol. The van der Waals surface area contributed by atoms with E-state index in [2.05, 4.69) is 18.8 Å². The third kappa shape index (κ3) is 3.23. The van der Waals surface area contributed by atoms with Gasteiger partial charge in [0, 0.05) is 17.8 Å². The average molecular weight is 179 g/mol. The standard InChI is InChI=1S/C10H13NO2/c1-8(2)7-13-10-4-3-9(6-12)5-11-10/h3-6,8H,7H2,1-2H3. The Morgan fingerprint density at radius 2 is 2.31 bits per heavy atom. The molecule has 1 rings (SSSR count). The molecule has 3 nitrogen and oxygen atoms in total. The van der Waals surface area contributed by atoms with E-state index in [1.165, 1.54) is 6.20 Å². The summed E-state index contributed by atoms with van der Waals surface area (Å²) < 4.78 is 5.34. The second-order valence-electron chi connectivity index (χ2n) is 3.25. The predicted molar refractivity (Wildman–Crippen MR) is 50.0 cm³/mol. The molecule has 1 heterocycles. The number of aromatic nitrogens is 1. The van der Waals surface area contributed by atoms with Crippen LogP contribution in [-0.4, -0.2) is 17.9 Å². The first kappa shape index (κ1) is 9.71. The Balaban J connectivity index is 2.54. The highest BCUT2D eigenvalue weighted by molar-refractivity contribution is 5.73. The highest BCUT2D eigenvalue weighted by atomic mass is 16.5. The van der Waals surface area contributed by atoms with E-state index in [1.54, 1.807) is 12.1 Å². The molecule has 0 saturated heterocycles. The van der Waals surface area contributed by atoms with Crippen LogP contribution in [-0.2, 0) is 0 Å². The van der Waals surface area contributed by atoms with Gasteiger partial charge in [-0.15, -0.1) is 0 Å². The van der Waals surface area contributed by atoms with Gasteiger partial charge in [0.05, 0.1) is 6.61 Å². The van der Waals surface area contributed by atoms with Crippen molar-refractivity contribution in [1.82, 2.24) is 4.98 Å². The maximum absolute atomic E-state index is 10.3. The first-order valence-corrected chi connectivity index (χ1v) is 4.26. The van der Waals surface area contributed by atoms with E-state index < -0.39 is 0 Å². The third-order valence-corrected chi connectivity index (χ3v) is 1.46. The lowest BCUT2D eigenvalue weighted by molar-refractivity contribution is 0.112. The highest BCUT2D eigenvalue weighted by Gasteiger charge is 1.97. The maximum Gasteiger partial charge on any atom is 0.213 e. The van der Waals surface area contributed by atoms with Gasteiger partial charge in [-0.1, -0.05) is 13.8 Å². The van der Waals surface area contributed by atoms with E-state index in [9.17, 15) is 4.79 Å². The second-order valence-corrected chi connectivity index (χ2v) is 3.25. The molecule has 70 valence electrons. The van der Waals surface area contributed by atoms with Crippen LogP contribution in [0.1, 0.15) is 24.2 Å². The summed E-state index contributed by atoms with van der Waals surface area (Å²) in [5.41, 5.74) is 0.567. The van der Waals surface area contributed by atoms with Gasteiger partial charge in [0.15, 0.2) is 6.29 Å². The SMILES string of the molecule is CC(C)COc1ccc(C=O)cn1. The lowest BCUT2D eigenvalue weighted by atomic mass is 10.2. The summed E-state index contributed by atoms with van der Waals surface area (Å²) in [7, 11) is 0. The van der Waals surface area contributed by atoms with Crippen LogP contribution < -0.4 is 4.74 Å². The van der Waals surface area contributed by atoms with Crippen molar-refractivity contribution in [3.8, 4) is 5.88 Å². The Bertz CT molecular complexity index is 267. The quantitative estimate of drug-likeness (QED) is 0.663. The van der Waals surface area contributed by atoms with Crippen LogP contribution in [0.15, 0.2) is 18.3 Å². The lowest BCUT2D eigenvalue weighted by Crippen LogP contribution is -2.05. The van der Waals surface area contributed by atoms with Gasteiger partial charge in [-0.2, -0.15) is 0 Å². The molecule has 0 fully saturated rings. The van der Waals surface area contributed by atoms with E-state index in [1.807, 2.05) is 0 Å². The summed E-state index contributed by atoms with van der Waals surface area (Å²) in [6, 6.07) is 3.39. The minimum Gasteiger partial charge on any atom is -0.477 e. The minimum atomic E-state index is 0.479. The molecule has 0 spiro atoms. The van der Waals surface area contributed by atoms with E-state index in [0.29, 0.717) is 24.0 Å². The number of rotatable bonds is 4. The lowest BCUT2D eigenvalue weighted by Gasteiger charge is -2.06. The van der Waals surface area contributed by atoms with Crippen molar-refractivity contribution in [2.45, 2.75) is 13.8 Å². The number of ether oxygens (including phenoxy) is 1. The molecule has 0 saturated carbocycles. The van der Waals surface area contributed by atoms with Crippen molar-refractivity contribution < 1.29 is 9.53 Å². The monoisotopic (exact) mass is 179 g/mol. The van der Waals surface area contributed by atoms with Crippen LogP contribution in [0.2, 0.25) is 0 Å². The zero-order chi connectivity index (χ0) is 9.68. The van der Waals surface area contributed by atoms with E-state index in [0.717, 1.165) is 6.29 Å². The van der Waals surface area contributed by atoms with Crippen molar-refractivity contribution in [1.29, 1.82) is 0 Å². The molecule has 0 aliphatic heterocycles. The molecular formula is C10H13NO2. The number of hydrogen-bond acceptors (Lipinski definition) is 3. The Morgan fingerprint density at radius 1 is 1.54 bits per heavy atom. The molecule has 0 atom stereocenters. The van der Waals surface area contributed by atoms with Gasteiger partial charge in [-0.05, 0) is 12.0 Å². The van der Waals surface area contributed by atoms with Gasteiger partial charge in [-0.3, -0.25) is 4.79 Å². The zero-order valence-corrected chi connectivity index (χ0v) is 7.86. The van der Waals surface area contributed by atoms with Crippen molar-refractivity contribution >= 4 is 6.29 Å². The molecule has 0 aliphatic carbocycles. The van der Waals surface area contributed by atoms with Crippen LogP contribution in [0.4, 0.5) is 0 Å². The topological polar surface area (TPSA) is 39.2 Å². The molecule has 0 aromatic carbocycles. The first-order chi connectivity index (χ1) is 6.22. The molecule has 0 radical (unpaired) electrons. The molecule has 13 heavy (non-hydrogen) atoms. The average Bonchev–Trinajstić information content (AvgIpc) is 2.15.